The number of piperazine rings is 1. The number of quaternary nitrogens is 2. The van der Waals surface area contributed by atoms with Crippen LogP contribution >= 0.6 is 0 Å². The lowest BCUT2D eigenvalue weighted by Gasteiger charge is -2.37. The van der Waals surface area contributed by atoms with E-state index in [1.54, 1.807) is 19.1 Å². The van der Waals surface area contributed by atoms with Crippen molar-refractivity contribution in [2.24, 2.45) is 5.92 Å². The molecule has 0 amide bonds. The number of rotatable bonds is 5. The van der Waals surface area contributed by atoms with Gasteiger partial charge in [0.15, 0.2) is 11.5 Å². The highest BCUT2D eigenvalue weighted by molar-refractivity contribution is 5.52. The molecule has 1 saturated carbocycles. The van der Waals surface area contributed by atoms with Crippen LogP contribution in [0.3, 0.4) is 0 Å². The van der Waals surface area contributed by atoms with E-state index < -0.39 is 0 Å². The fourth-order valence-electron chi connectivity index (χ4n) is 4.65. The molecule has 0 aromatic heterocycles. The van der Waals surface area contributed by atoms with Crippen LogP contribution in [0.25, 0.3) is 0 Å². The topological polar surface area (TPSA) is 47.6 Å². The highest BCUT2D eigenvalue weighted by Gasteiger charge is 2.32. The van der Waals surface area contributed by atoms with Crippen molar-refractivity contribution in [2.45, 2.75) is 45.2 Å². The van der Waals surface area contributed by atoms with Crippen molar-refractivity contribution in [1.82, 2.24) is 0 Å². The minimum atomic E-state index is 0.0874. The lowest BCUT2D eigenvalue weighted by atomic mass is 9.86. The van der Waals surface area contributed by atoms with E-state index in [1.807, 2.05) is 17.0 Å². The van der Waals surface area contributed by atoms with Crippen LogP contribution in [0.2, 0.25) is 0 Å². The zero-order valence-electron chi connectivity index (χ0n) is 15.9. The van der Waals surface area contributed by atoms with Crippen LogP contribution in [0, 0.1) is 5.92 Å². The molecular formula is C20H34N2O3+2. The summed E-state index contributed by atoms with van der Waals surface area (Å²) < 4.78 is 10.6. The van der Waals surface area contributed by atoms with Gasteiger partial charge in [-0.2, -0.15) is 0 Å². The van der Waals surface area contributed by atoms with Gasteiger partial charge >= 0.3 is 0 Å². The van der Waals surface area contributed by atoms with Crippen LogP contribution in [0.5, 0.6) is 17.2 Å². The second kappa shape index (κ2) is 8.28. The second-order valence-corrected chi connectivity index (χ2v) is 7.90. The van der Waals surface area contributed by atoms with Gasteiger partial charge in [-0.1, -0.05) is 13.3 Å². The van der Waals surface area contributed by atoms with Crippen LogP contribution in [0.4, 0.5) is 0 Å². The maximum Gasteiger partial charge on any atom is 0.200 e. The number of nitrogens with one attached hydrogen (secondary N) is 2. The van der Waals surface area contributed by atoms with Crippen molar-refractivity contribution in [3.8, 4) is 17.2 Å². The monoisotopic (exact) mass is 350 g/mol. The zero-order chi connectivity index (χ0) is 17.8. The molecule has 0 bridgehead atoms. The Labute approximate surface area is 151 Å². The maximum atomic E-state index is 10.1. The van der Waals surface area contributed by atoms with Gasteiger partial charge in [0, 0.05) is 12.0 Å². The molecule has 0 radical (unpaired) electrons. The number of hydrogen-bond acceptors (Lipinski definition) is 3. The van der Waals surface area contributed by atoms with Crippen LogP contribution in [0.1, 0.15) is 38.2 Å². The summed E-state index contributed by atoms with van der Waals surface area (Å²) >= 11 is 0. The van der Waals surface area contributed by atoms with Crippen LogP contribution in [-0.4, -0.2) is 51.5 Å². The van der Waals surface area contributed by atoms with Crippen molar-refractivity contribution in [1.29, 1.82) is 0 Å². The summed E-state index contributed by atoms with van der Waals surface area (Å²) in [5, 5.41) is 10.1. The highest BCUT2D eigenvalue weighted by Crippen LogP contribution is 2.36. The Kier molecular flexibility index (Phi) is 6.07. The quantitative estimate of drug-likeness (QED) is 0.715. The molecule has 1 aromatic carbocycles. The molecule has 3 N–H and O–H groups in total. The minimum Gasteiger partial charge on any atom is -0.502 e. The third-order valence-electron chi connectivity index (χ3n) is 6.11. The molecule has 140 valence electrons. The van der Waals surface area contributed by atoms with E-state index in [-0.39, 0.29) is 5.75 Å². The average molecular weight is 351 g/mol. The number of hydrogen-bond donors (Lipinski definition) is 3. The van der Waals surface area contributed by atoms with Gasteiger partial charge in [-0.15, -0.1) is 0 Å². The number of ether oxygens (including phenoxy) is 2. The van der Waals surface area contributed by atoms with Crippen molar-refractivity contribution >= 4 is 0 Å². The standard InChI is InChI=1S/C20H32N2O3/c1-15-5-4-6-17(11-15)22-9-7-21(8-10-22)14-16-12-18(24-2)20(23)19(13-16)25-3/h12-13,15,17,23H,4-11,14H2,1-3H3/p+2/t15-,17+/m0/s1. The molecule has 0 spiro atoms. The molecule has 1 saturated heterocycles. The van der Waals surface area contributed by atoms with Crippen molar-refractivity contribution in [3.63, 3.8) is 0 Å². The molecule has 2 aliphatic rings. The lowest BCUT2D eigenvalue weighted by molar-refractivity contribution is -1.03. The van der Waals surface area contributed by atoms with Crippen molar-refractivity contribution < 1.29 is 24.4 Å². The SMILES string of the molecule is COc1cc(C[NH+]2CC[NH+]([C@@H]3CCC[C@H](C)C3)CC2)cc(OC)c1O. The van der Waals surface area contributed by atoms with Gasteiger partial charge in [0.1, 0.15) is 32.7 Å². The summed E-state index contributed by atoms with van der Waals surface area (Å²) in [4.78, 5) is 3.44. The van der Waals surface area contributed by atoms with Gasteiger partial charge in [0.05, 0.1) is 20.3 Å². The molecule has 1 aliphatic heterocycles. The number of methoxy groups -OCH3 is 2. The van der Waals surface area contributed by atoms with E-state index in [2.05, 4.69) is 6.92 Å². The van der Waals surface area contributed by atoms with E-state index in [1.165, 1.54) is 51.9 Å². The first-order valence-electron chi connectivity index (χ1n) is 9.72. The average Bonchev–Trinajstić information content (AvgIpc) is 2.63. The summed E-state index contributed by atoms with van der Waals surface area (Å²) in [5.74, 6) is 1.99. The van der Waals surface area contributed by atoms with Crippen molar-refractivity contribution in [3.05, 3.63) is 17.7 Å². The predicted molar refractivity (Wildman–Crippen MR) is 97.7 cm³/mol. The van der Waals surface area contributed by atoms with Gasteiger partial charge < -0.3 is 24.4 Å². The van der Waals surface area contributed by atoms with Crippen LogP contribution in [0.15, 0.2) is 12.1 Å². The Balaban J connectivity index is 1.57. The third kappa shape index (κ3) is 4.39. The Morgan fingerprint density at radius 3 is 2.24 bits per heavy atom. The molecular weight excluding hydrogens is 316 g/mol. The highest BCUT2D eigenvalue weighted by atomic mass is 16.5. The lowest BCUT2D eigenvalue weighted by Crippen LogP contribution is -3.29. The molecule has 3 rings (SSSR count). The fraction of sp³-hybridized carbons (Fsp3) is 0.700. The Morgan fingerprint density at radius 2 is 1.68 bits per heavy atom. The summed E-state index contributed by atoms with van der Waals surface area (Å²) in [6, 6.07) is 4.76. The van der Waals surface area contributed by atoms with Crippen LogP contribution < -0.4 is 19.3 Å². The smallest absolute Gasteiger partial charge is 0.200 e. The number of benzene rings is 1. The molecule has 2 fully saturated rings. The Bertz CT molecular complexity index is 545. The predicted octanol–water partition coefficient (Wildman–Crippen LogP) is 0.272. The zero-order valence-corrected chi connectivity index (χ0v) is 15.9. The summed E-state index contributed by atoms with van der Waals surface area (Å²) in [6.07, 6.45) is 5.67. The van der Waals surface area contributed by atoms with E-state index in [0.29, 0.717) is 11.5 Å². The molecule has 25 heavy (non-hydrogen) atoms. The normalized spacial score (nSPS) is 30.0. The first kappa shape index (κ1) is 18.3. The third-order valence-corrected chi connectivity index (χ3v) is 6.11. The number of phenolic OH excluding ortho intramolecular Hbond substituents is 1. The first-order valence-corrected chi connectivity index (χ1v) is 9.72. The minimum absolute atomic E-state index is 0.0874. The molecule has 2 atom stereocenters. The van der Waals surface area contributed by atoms with Crippen molar-refractivity contribution in [2.75, 3.05) is 40.4 Å². The summed E-state index contributed by atoms with van der Waals surface area (Å²) in [7, 11) is 3.16. The summed E-state index contributed by atoms with van der Waals surface area (Å²) in [5.41, 5.74) is 1.16. The molecule has 1 aliphatic carbocycles. The maximum absolute atomic E-state index is 10.1. The van der Waals surface area contributed by atoms with Gasteiger partial charge in [-0.25, -0.2) is 0 Å². The molecule has 5 nitrogen and oxygen atoms in total. The molecule has 5 heteroatoms. The van der Waals surface area contributed by atoms with E-state index >= 15 is 0 Å². The van der Waals surface area contributed by atoms with E-state index in [4.69, 9.17) is 9.47 Å². The van der Waals surface area contributed by atoms with E-state index in [0.717, 1.165) is 24.1 Å². The molecule has 1 aromatic rings. The van der Waals surface area contributed by atoms with E-state index in [9.17, 15) is 5.11 Å². The largest absolute Gasteiger partial charge is 0.502 e. The second-order valence-electron chi connectivity index (χ2n) is 7.90. The van der Waals surface area contributed by atoms with Crippen LogP contribution in [-0.2, 0) is 6.54 Å². The summed E-state index contributed by atoms with van der Waals surface area (Å²) in [6.45, 7) is 8.36. The van der Waals surface area contributed by atoms with Gasteiger partial charge in [-0.3, -0.25) is 0 Å². The number of aromatic hydroxyl groups is 1. The number of phenols is 1. The fourth-order valence-corrected chi connectivity index (χ4v) is 4.65. The molecule has 0 unspecified atom stereocenters. The van der Waals surface area contributed by atoms with Gasteiger partial charge in [0.25, 0.3) is 0 Å². The Hall–Kier alpha value is -1.46. The molecule has 1 heterocycles. The van der Waals surface area contributed by atoms with Gasteiger partial charge in [-0.05, 0) is 30.9 Å². The first-order chi connectivity index (χ1) is 12.1. The Morgan fingerprint density at radius 1 is 1.04 bits per heavy atom. The van der Waals surface area contributed by atoms with Gasteiger partial charge in [0.2, 0.25) is 5.75 Å².